The Balaban J connectivity index is 2.71. The molecule has 0 radical (unpaired) electrons. The second kappa shape index (κ2) is 7.06. The smallest absolute Gasteiger partial charge is 0.331 e. The van der Waals surface area contributed by atoms with Crippen molar-refractivity contribution in [2.24, 2.45) is 0 Å². The molecule has 0 heterocycles. The minimum atomic E-state index is -1.22. The van der Waals surface area contributed by atoms with Crippen LogP contribution in [0.5, 0.6) is 0 Å². The minimum absolute atomic E-state index is 0.268. The molecule has 2 atom stereocenters. The van der Waals surface area contributed by atoms with Crippen LogP contribution in [0, 0.1) is 0 Å². The van der Waals surface area contributed by atoms with Gasteiger partial charge in [-0.25, -0.2) is 0 Å². The zero-order chi connectivity index (χ0) is 13.5. The summed E-state index contributed by atoms with van der Waals surface area (Å²) in [6.45, 7) is 3.61. The maximum Gasteiger partial charge on any atom is 0.331 e. The number of thioether (sulfide) groups is 1. The highest BCUT2D eigenvalue weighted by Gasteiger charge is 2.30. The van der Waals surface area contributed by atoms with Gasteiger partial charge in [0.05, 0.1) is 6.10 Å². The van der Waals surface area contributed by atoms with Crippen molar-refractivity contribution in [3.63, 3.8) is 0 Å². The SMILES string of the molecule is CCC(C)OC(=O)C(Sc1ccccc1)C(=O)O. The molecule has 18 heavy (non-hydrogen) atoms. The molecule has 0 aliphatic rings. The van der Waals surface area contributed by atoms with E-state index in [0.717, 1.165) is 16.7 Å². The fourth-order valence-corrected chi connectivity index (χ4v) is 2.02. The molecule has 0 amide bonds. The summed E-state index contributed by atoms with van der Waals surface area (Å²) in [5.74, 6) is -1.89. The number of ether oxygens (including phenoxy) is 1. The van der Waals surface area contributed by atoms with Gasteiger partial charge in [0.1, 0.15) is 0 Å². The highest BCUT2D eigenvalue weighted by Crippen LogP contribution is 2.24. The molecule has 1 N–H and O–H groups in total. The molecule has 0 aliphatic carbocycles. The maximum atomic E-state index is 11.7. The van der Waals surface area contributed by atoms with Crippen LogP contribution in [-0.4, -0.2) is 28.4 Å². The van der Waals surface area contributed by atoms with Crippen LogP contribution < -0.4 is 0 Å². The van der Waals surface area contributed by atoms with Crippen molar-refractivity contribution in [1.29, 1.82) is 0 Å². The minimum Gasteiger partial charge on any atom is -0.480 e. The number of carbonyl (C=O) groups is 2. The van der Waals surface area contributed by atoms with Crippen LogP contribution in [0.25, 0.3) is 0 Å². The van der Waals surface area contributed by atoms with Crippen molar-refractivity contribution in [2.45, 2.75) is 36.5 Å². The first kappa shape index (κ1) is 14.6. The van der Waals surface area contributed by atoms with Gasteiger partial charge in [-0.1, -0.05) is 36.9 Å². The zero-order valence-electron chi connectivity index (χ0n) is 10.3. The molecule has 0 aromatic heterocycles. The fourth-order valence-electron chi connectivity index (χ4n) is 1.18. The van der Waals surface area contributed by atoms with Crippen LogP contribution in [0.15, 0.2) is 35.2 Å². The van der Waals surface area contributed by atoms with Crippen molar-refractivity contribution in [3.8, 4) is 0 Å². The first-order valence-electron chi connectivity index (χ1n) is 5.69. The molecular formula is C13H16O4S. The molecule has 4 nitrogen and oxygen atoms in total. The molecule has 0 bridgehead atoms. The van der Waals surface area contributed by atoms with Gasteiger partial charge in [0.25, 0.3) is 0 Å². The first-order chi connectivity index (χ1) is 8.54. The maximum absolute atomic E-state index is 11.7. The Morgan fingerprint density at radius 3 is 2.44 bits per heavy atom. The Kier molecular flexibility index (Phi) is 5.71. The molecule has 2 unspecified atom stereocenters. The highest BCUT2D eigenvalue weighted by molar-refractivity contribution is 8.01. The van der Waals surface area contributed by atoms with E-state index in [4.69, 9.17) is 9.84 Å². The second-order valence-corrected chi connectivity index (χ2v) is 4.98. The van der Waals surface area contributed by atoms with E-state index in [1.807, 2.05) is 13.0 Å². The third-order valence-electron chi connectivity index (χ3n) is 2.33. The monoisotopic (exact) mass is 268 g/mol. The summed E-state index contributed by atoms with van der Waals surface area (Å²) in [4.78, 5) is 23.6. The predicted octanol–water partition coefficient (Wildman–Crippen LogP) is 2.57. The average molecular weight is 268 g/mol. The number of benzene rings is 1. The Bertz CT molecular complexity index is 405. The summed E-state index contributed by atoms with van der Waals surface area (Å²) in [6, 6.07) is 8.94. The predicted molar refractivity (Wildman–Crippen MR) is 69.6 cm³/mol. The summed E-state index contributed by atoms with van der Waals surface area (Å²) in [7, 11) is 0. The standard InChI is InChI=1S/C13H16O4S/c1-3-9(2)17-13(16)11(12(14)15)18-10-7-5-4-6-8-10/h4-9,11H,3H2,1-2H3,(H,14,15). The Morgan fingerprint density at radius 2 is 1.94 bits per heavy atom. The average Bonchev–Trinajstić information content (AvgIpc) is 2.36. The molecule has 0 fully saturated rings. The Labute approximate surface area is 110 Å². The molecule has 5 heteroatoms. The number of rotatable bonds is 6. The van der Waals surface area contributed by atoms with Gasteiger partial charge in [-0.15, -0.1) is 0 Å². The van der Waals surface area contributed by atoms with Crippen LogP contribution in [0.2, 0.25) is 0 Å². The van der Waals surface area contributed by atoms with Gasteiger partial charge < -0.3 is 9.84 Å². The summed E-state index contributed by atoms with van der Waals surface area (Å²) < 4.78 is 5.05. The van der Waals surface area contributed by atoms with E-state index >= 15 is 0 Å². The van der Waals surface area contributed by atoms with Crippen LogP contribution in [0.3, 0.4) is 0 Å². The van der Waals surface area contributed by atoms with E-state index in [0.29, 0.717) is 6.42 Å². The first-order valence-corrected chi connectivity index (χ1v) is 6.57. The molecular weight excluding hydrogens is 252 g/mol. The third-order valence-corrected chi connectivity index (χ3v) is 3.50. The van der Waals surface area contributed by atoms with E-state index in [9.17, 15) is 9.59 Å². The van der Waals surface area contributed by atoms with Gasteiger partial charge in [0, 0.05) is 4.90 Å². The molecule has 1 aromatic rings. The molecule has 98 valence electrons. The number of carboxylic acid groups (broad SMARTS) is 1. The molecule has 1 aromatic carbocycles. The summed E-state index contributed by atoms with van der Waals surface area (Å²) in [5.41, 5.74) is 0. The lowest BCUT2D eigenvalue weighted by Gasteiger charge is -2.15. The van der Waals surface area contributed by atoms with E-state index in [1.54, 1.807) is 31.2 Å². The topological polar surface area (TPSA) is 63.6 Å². The van der Waals surface area contributed by atoms with Gasteiger partial charge in [-0.3, -0.25) is 9.59 Å². The van der Waals surface area contributed by atoms with Gasteiger partial charge in [0.2, 0.25) is 5.25 Å². The van der Waals surface area contributed by atoms with Crippen LogP contribution in [0.1, 0.15) is 20.3 Å². The fraction of sp³-hybridized carbons (Fsp3) is 0.385. The third kappa shape index (κ3) is 4.41. The molecule has 0 saturated heterocycles. The van der Waals surface area contributed by atoms with Gasteiger partial charge in [-0.2, -0.15) is 0 Å². The largest absolute Gasteiger partial charge is 0.480 e. The van der Waals surface area contributed by atoms with Gasteiger partial charge in [-0.05, 0) is 25.5 Å². The number of hydrogen-bond donors (Lipinski definition) is 1. The molecule has 0 aliphatic heterocycles. The van der Waals surface area contributed by atoms with Crippen molar-refractivity contribution in [3.05, 3.63) is 30.3 Å². The molecule has 0 spiro atoms. The van der Waals surface area contributed by atoms with E-state index < -0.39 is 17.2 Å². The van der Waals surface area contributed by atoms with E-state index in [-0.39, 0.29) is 6.10 Å². The van der Waals surface area contributed by atoms with Crippen molar-refractivity contribution < 1.29 is 19.4 Å². The number of carboxylic acids is 1. The van der Waals surface area contributed by atoms with E-state index in [1.165, 1.54) is 0 Å². The number of esters is 1. The lowest BCUT2D eigenvalue weighted by Crippen LogP contribution is -2.31. The van der Waals surface area contributed by atoms with Crippen LogP contribution in [0.4, 0.5) is 0 Å². The van der Waals surface area contributed by atoms with Crippen molar-refractivity contribution >= 4 is 23.7 Å². The van der Waals surface area contributed by atoms with Gasteiger partial charge >= 0.3 is 11.9 Å². The van der Waals surface area contributed by atoms with Crippen molar-refractivity contribution in [1.82, 2.24) is 0 Å². The lowest BCUT2D eigenvalue weighted by atomic mass is 10.3. The second-order valence-electron chi connectivity index (χ2n) is 3.80. The number of hydrogen-bond acceptors (Lipinski definition) is 4. The summed E-state index contributed by atoms with van der Waals surface area (Å²) >= 11 is 0.983. The highest BCUT2D eigenvalue weighted by atomic mass is 32.2. The van der Waals surface area contributed by atoms with Crippen LogP contribution >= 0.6 is 11.8 Å². The quantitative estimate of drug-likeness (QED) is 0.488. The van der Waals surface area contributed by atoms with E-state index in [2.05, 4.69) is 0 Å². The number of aliphatic carboxylic acids is 1. The van der Waals surface area contributed by atoms with Crippen molar-refractivity contribution in [2.75, 3.05) is 0 Å². The lowest BCUT2D eigenvalue weighted by molar-refractivity contribution is -0.153. The summed E-state index contributed by atoms with van der Waals surface area (Å²) in [6.07, 6.45) is 0.393. The summed E-state index contributed by atoms with van der Waals surface area (Å²) in [5, 5.41) is 7.85. The van der Waals surface area contributed by atoms with Gasteiger partial charge in [0.15, 0.2) is 0 Å². The van der Waals surface area contributed by atoms with Crippen LogP contribution in [-0.2, 0) is 14.3 Å². The Hall–Kier alpha value is -1.49. The molecule has 1 rings (SSSR count). The number of carbonyl (C=O) groups excluding carboxylic acids is 1. The Morgan fingerprint density at radius 1 is 1.33 bits per heavy atom. The molecule has 0 saturated carbocycles. The zero-order valence-corrected chi connectivity index (χ0v) is 11.1. The normalized spacial score (nSPS) is 13.7.